The van der Waals surface area contributed by atoms with Crippen LogP contribution in [0.5, 0.6) is 5.75 Å². The molecule has 0 radical (unpaired) electrons. The Kier molecular flexibility index (Phi) is 14.7. The Morgan fingerprint density at radius 1 is 0.613 bits per heavy atom. The van der Waals surface area contributed by atoms with E-state index in [2.05, 4.69) is 79.7 Å². The average molecular weight is 1010 g/mol. The van der Waals surface area contributed by atoms with Gasteiger partial charge in [0.1, 0.15) is 32.5 Å². The number of phenols is 1. The van der Waals surface area contributed by atoms with Crippen LogP contribution in [0.1, 0.15) is 0 Å². The number of nitrogens with two attached hydrogens (primary N) is 1. The molecule has 6 rings (SSSR count). The van der Waals surface area contributed by atoms with E-state index in [1.54, 1.807) is 0 Å². The molecule has 0 bridgehead atoms. The predicted molar refractivity (Wildman–Crippen MR) is 218 cm³/mol. The Bertz CT molecular complexity index is 2980. The van der Waals surface area contributed by atoms with E-state index in [4.69, 9.17) is 62.7 Å². The van der Waals surface area contributed by atoms with Gasteiger partial charge < -0.3 is 21.5 Å². The molecule has 0 spiro atoms. The molecule has 0 aliphatic carbocycles. The average Bonchev–Trinajstić information content (AvgIpc) is 3.17. The number of aromatic hydroxyl groups is 1. The molecule has 9 N–H and O–H groups in total. The Morgan fingerprint density at radius 3 is 1.63 bits per heavy atom. The van der Waals surface area contributed by atoms with Crippen LogP contribution in [0.2, 0.25) is 21.1 Å². The number of rotatable bonds is 16. The lowest BCUT2D eigenvalue weighted by molar-refractivity contribution is -0.432. The second-order valence-corrected chi connectivity index (χ2v) is 16.7. The molecule has 324 valence electrons. The van der Waals surface area contributed by atoms with E-state index in [-0.39, 0.29) is 77.3 Å². The van der Waals surface area contributed by atoms with Gasteiger partial charge in [0.05, 0.1) is 45.0 Å². The highest BCUT2D eigenvalue weighted by Crippen LogP contribution is 2.50. The predicted octanol–water partition coefficient (Wildman–Crippen LogP) is 8.78. The minimum Gasteiger partial charge on any atom is -0.505 e. The summed E-state index contributed by atoms with van der Waals surface area (Å²) in [6.07, 6.45) is 0. The standard InChI is InChI=1S/C28H17Cl4N13O13S4/c29-23-36-24(30)39-27(38-23)34-10-1-3-14(59-57-55-47)12(7-10)42-45-21-17(62(52,53)54)6-9-5-15(60-58-56-48)20(22(46)18(9)19(21)33)44-43-13-8-11(2-4-16(13)61(49,50)51)35-28-40-25(31)37-26(32)41-28/h1-8,46-48H,33H2,(H,49,50,51)(H,52,53,54)(H,34,36,38,39)(H,35,37,40,41). The molecule has 0 fully saturated rings. The van der Waals surface area contributed by atoms with Gasteiger partial charge in [0.15, 0.2) is 5.75 Å². The number of anilines is 5. The fourth-order valence-electron chi connectivity index (χ4n) is 4.94. The van der Waals surface area contributed by atoms with Crippen molar-refractivity contribution in [2.45, 2.75) is 19.6 Å². The lowest BCUT2D eigenvalue weighted by Crippen LogP contribution is -2.02. The highest BCUT2D eigenvalue weighted by molar-refractivity contribution is 7.95. The van der Waals surface area contributed by atoms with E-state index in [0.29, 0.717) is 12.0 Å². The van der Waals surface area contributed by atoms with Crippen LogP contribution in [-0.2, 0) is 39.0 Å². The van der Waals surface area contributed by atoms with Gasteiger partial charge in [0.25, 0.3) is 20.2 Å². The van der Waals surface area contributed by atoms with E-state index in [0.717, 1.165) is 24.3 Å². The third-order valence-corrected chi connectivity index (χ3v) is 11.0. The van der Waals surface area contributed by atoms with Gasteiger partial charge in [0.2, 0.25) is 33.0 Å². The first kappa shape index (κ1) is 46.5. The molecule has 0 amide bonds. The molecule has 2 aromatic heterocycles. The molecule has 0 unspecified atom stereocenters. The van der Waals surface area contributed by atoms with Gasteiger partial charge in [-0.15, -0.1) is 29.1 Å². The number of phenolic OH excluding ortho intramolecular Hbond substituents is 1. The SMILES string of the molecule is Nc1c(N=Nc2cc(Nc3nc(Cl)nc(Cl)n3)ccc2SOOO)c(S(=O)(=O)O)cc2cc(SOOO)c(N=Nc3cc(Nc4nc(Cl)nc(Cl)n4)ccc3S(=O)(=O)O)c(O)c12. The second-order valence-electron chi connectivity index (χ2n) is 11.1. The molecule has 62 heavy (non-hydrogen) atoms. The Balaban J connectivity index is 1.50. The van der Waals surface area contributed by atoms with Crippen LogP contribution in [0.15, 0.2) is 88.6 Å². The summed E-state index contributed by atoms with van der Waals surface area (Å²) in [6.45, 7) is 0. The molecule has 0 aliphatic heterocycles. The van der Waals surface area contributed by atoms with Crippen molar-refractivity contribution in [1.82, 2.24) is 29.9 Å². The fraction of sp³-hybridized carbons (Fsp3) is 0. The lowest BCUT2D eigenvalue weighted by Gasteiger charge is -2.14. The van der Waals surface area contributed by atoms with Crippen LogP contribution in [0.25, 0.3) is 10.8 Å². The van der Waals surface area contributed by atoms with Crippen molar-refractivity contribution in [1.29, 1.82) is 0 Å². The normalized spacial score (nSPS) is 12.2. The molecule has 0 saturated carbocycles. The van der Waals surface area contributed by atoms with Crippen LogP contribution in [0, 0.1) is 0 Å². The number of nitrogens with one attached hydrogen (secondary N) is 2. The molecule has 34 heteroatoms. The van der Waals surface area contributed by atoms with E-state index in [9.17, 15) is 31.0 Å². The van der Waals surface area contributed by atoms with Gasteiger partial charge in [-0.3, -0.25) is 9.11 Å². The smallest absolute Gasteiger partial charge is 0.296 e. The molecule has 0 saturated heterocycles. The Hall–Kier alpha value is -5.00. The third kappa shape index (κ3) is 11.3. The van der Waals surface area contributed by atoms with E-state index >= 15 is 0 Å². The van der Waals surface area contributed by atoms with Crippen molar-refractivity contribution in [2.24, 2.45) is 20.5 Å². The summed E-state index contributed by atoms with van der Waals surface area (Å²) in [5.41, 5.74) is 4.02. The van der Waals surface area contributed by atoms with Crippen LogP contribution in [-0.4, -0.2) is 71.5 Å². The monoisotopic (exact) mass is 1010 g/mol. The first-order valence-corrected chi connectivity index (χ1v) is 21.4. The van der Waals surface area contributed by atoms with Gasteiger partial charge >= 0.3 is 0 Å². The third-order valence-electron chi connectivity index (χ3n) is 7.29. The first-order chi connectivity index (χ1) is 29.3. The van der Waals surface area contributed by atoms with Gasteiger partial charge in [-0.2, -0.15) is 46.7 Å². The number of fused-ring (bicyclic) bond motifs is 1. The number of azo groups is 2. The zero-order valence-corrected chi connectivity index (χ0v) is 35.6. The van der Waals surface area contributed by atoms with Crippen molar-refractivity contribution in [3.8, 4) is 5.75 Å². The van der Waals surface area contributed by atoms with Gasteiger partial charge in [-0.05, 0) is 100 Å². The quantitative estimate of drug-likeness (QED) is 0.0112. The number of hydrogen-bond acceptors (Lipinski definition) is 26. The maximum atomic E-state index is 12.7. The van der Waals surface area contributed by atoms with Crippen LogP contribution < -0.4 is 16.4 Å². The number of nitrogen functional groups attached to an aromatic ring is 1. The molecule has 0 atom stereocenters. The van der Waals surface area contributed by atoms with Gasteiger partial charge in [-0.25, -0.2) is 10.5 Å². The topological polar surface area (TPSA) is 383 Å². The number of aromatic nitrogens is 6. The molecular formula is C28H17Cl4N13O13S4. The van der Waals surface area contributed by atoms with Crippen LogP contribution in [0.4, 0.5) is 51.7 Å². The number of benzene rings is 4. The zero-order chi connectivity index (χ0) is 44.9. The van der Waals surface area contributed by atoms with Gasteiger partial charge in [0, 0.05) is 11.4 Å². The minimum absolute atomic E-state index is 0.0498. The maximum Gasteiger partial charge on any atom is 0.296 e. The summed E-state index contributed by atoms with van der Waals surface area (Å²) < 4.78 is 79.4. The molecule has 4 aromatic carbocycles. The summed E-state index contributed by atoms with van der Waals surface area (Å²) in [5, 5.41) is 56.3. The summed E-state index contributed by atoms with van der Waals surface area (Å²) in [5.74, 6) is -1.18. The number of halogens is 4. The maximum absolute atomic E-state index is 12.7. The fourth-order valence-corrected chi connectivity index (χ4v) is 7.85. The number of nitrogens with zero attached hydrogens (tertiary/aromatic N) is 10. The highest BCUT2D eigenvalue weighted by Gasteiger charge is 2.26. The molecular weight excluding hydrogens is 996 g/mol. The van der Waals surface area contributed by atoms with Crippen LogP contribution >= 0.6 is 70.5 Å². The summed E-state index contributed by atoms with van der Waals surface area (Å²) >= 11 is 24.0. The Morgan fingerprint density at radius 2 is 1.10 bits per heavy atom. The summed E-state index contributed by atoms with van der Waals surface area (Å²) in [7, 11) is -10.2. The van der Waals surface area contributed by atoms with Crippen molar-refractivity contribution in [3.63, 3.8) is 0 Å². The summed E-state index contributed by atoms with van der Waals surface area (Å²) in [6, 6.07) is 9.20. The van der Waals surface area contributed by atoms with Crippen LogP contribution in [0.3, 0.4) is 0 Å². The van der Waals surface area contributed by atoms with E-state index < -0.39 is 63.9 Å². The molecule has 0 aliphatic rings. The molecule has 6 aromatic rings. The van der Waals surface area contributed by atoms with Crippen molar-refractivity contribution in [2.75, 3.05) is 16.4 Å². The summed E-state index contributed by atoms with van der Waals surface area (Å²) in [4.78, 5) is 20.8. The molecule has 2 heterocycles. The first-order valence-electron chi connectivity index (χ1n) is 15.5. The van der Waals surface area contributed by atoms with Crippen molar-refractivity contribution >= 4 is 153 Å². The highest BCUT2D eigenvalue weighted by atomic mass is 35.5. The zero-order valence-electron chi connectivity index (χ0n) is 29.3. The Labute approximate surface area is 373 Å². The van der Waals surface area contributed by atoms with Crippen molar-refractivity contribution in [3.05, 3.63) is 69.7 Å². The second kappa shape index (κ2) is 19.6. The molecule has 26 nitrogen and oxygen atoms in total. The number of hydrogen-bond donors (Lipinski definition) is 8. The lowest BCUT2D eigenvalue weighted by atomic mass is 10.1. The minimum atomic E-state index is -5.20. The van der Waals surface area contributed by atoms with Gasteiger partial charge in [-0.1, -0.05) is 10.1 Å². The van der Waals surface area contributed by atoms with Crippen molar-refractivity contribution < 1.29 is 60.3 Å². The largest absolute Gasteiger partial charge is 0.505 e. The van der Waals surface area contributed by atoms with E-state index in [1.807, 2.05) is 0 Å². The van der Waals surface area contributed by atoms with E-state index in [1.165, 1.54) is 24.3 Å².